The number of carboxylic acid groups (broad SMARTS) is 1. The standard InChI is InChI=1S/C30H32B7ClN2O6/c1-12(41)16-8-5-14(38)9-17(16)18-10-20(42)40(11-19(18)46-2)27(28(43)39-15-6-3-13(4-7-15)29(44)45)30(36,37)21-22(31)24(33)26(35)25(34)23(21)32/h3-11,27H,31-37H2,1-2H3,(H,39,43)(H,44,45). The Bertz CT molecular complexity index is 1940. The molecular weight excluding hydrogens is 595 g/mol. The maximum Gasteiger partial charge on any atom is 0.335 e. The third-order valence-corrected chi connectivity index (χ3v) is 9.40. The van der Waals surface area contributed by atoms with Crippen molar-refractivity contribution < 1.29 is 24.2 Å². The van der Waals surface area contributed by atoms with Gasteiger partial charge in [0.25, 0.3) is 5.56 Å². The minimum absolute atomic E-state index is 0.0780. The predicted molar refractivity (Wildman–Crippen MR) is 205 cm³/mol. The van der Waals surface area contributed by atoms with Crippen LogP contribution in [0.25, 0.3) is 11.1 Å². The summed E-state index contributed by atoms with van der Waals surface area (Å²) in [5, 5.41) is 11.7. The van der Waals surface area contributed by atoms with Crippen LogP contribution in [0.4, 0.5) is 5.69 Å². The molecule has 0 spiro atoms. The molecular formula is C30H32B7ClN2O6. The van der Waals surface area contributed by atoms with Crippen LogP contribution in [0.1, 0.15) is 39.2 Å². The molecule has 2 N–H and O–H groups in total. The number of carbonyl (C=O) groups excluding carboxylic acids is 2. The van der Waals surface area contributed by atoms with Gasteiger partial charge in [0.2, 0.25) is 5.91 Å². The van der Waals surface area contributed by atoms with Crippen molar-refractivity contribution in [1.29, 1.82) is 0 Å². The molecule has 3 aromatic carbocycles. The van der Waals surface area contributed by atoms with E-state index in [1.54, 1.807) is 18.2 Å². The Kier molecular flexibility index (Phi) is 9.97. The Balaban J connectivity index is 1.99. The number of nitrogens with zero attached hydrogens (tertiary/aromatic N) is 1. The van der Waals surface area contributed by atoms with E-state index in [-0.39, 0.29) is 17.1 Å². The first-order chi connectivity index (χ1) is 21.5. The van der Waals surface area contributed by atoms with Gasteiger partial charge in [-0.3, -0.25) is 19.0 Å². The van der Waals surface area contributed by atoms with Gasteiger partial charge in [0.05, 0.1) is 18.9 Å². The van der Waals surface area contributed by atoms with Crippen molar-refractivity contribution in [2.45, 2.75) is 18.2 Å². The Labute approximate surface area is 279 Å². The molecule has 16 heteroatoms. The second kappa shape index (κ2) is 13.2. The highest BCUT2D eigenvalue weighted by Gasteiger charge is 2.41. The van der Waals surface area contributed by atoms with Gasteiger partial charge in [-0.05, 0) is 60.2 Å². The smallest absolute Gasteiger partial charge is 0.335 e. The largest absolute Gasteiger partial charge is 0.495 e. The lowest BCUT2D eigenvalue weighted by Crippen LogP contribution is -2.62. The molecule has 0 saturated carbocycles. The van der Waals surface area contributed by atoms with E-state index in [1.165, 1.54) is 60.6 Å². The summed E-state index contributed by atoms with van der Waals surface area (Å²) in [6.45, 7) is 1.43. The number of rotatable bonds is 9. The number of pyridine rings is 1. The van der Waals surface area contributed by atoms with Crippen molar-refractivity contribution in [2.75, 3.05) is 12.4 Å². The first-order valence-corrected chi connectivity index (χ1v) is 15.2. The van der Waals surface area contributed by atoms with Gasteiger partial charge in [0.1, 0.15) is 66.7 Å². The number of aromatic carboxylic acids is 1. The predicted octanol–water partition coefficient (Wildman–Crippen LogP) is -5.33. The number of benzene rings is 3. The number of methoxy groups -OCH3 is 1. The molecule has 1 aromatic heterocycles. The van der Waals surface area contributed by atoms with E-state index in [4.69, 9.17) is 16.3 Å². The van der Waals surface area contributed by atoms with Crippen molar-refractivity contribution in [3.63, 3.8) is 0 Å². The van der Waals surface area contributed by atoms with Crippen molar-refractivity contribution in [3.8, 4) is 16.9 Å². The van der Waals surface area contributed by atoms with Crippen molar-refractivity contribution >= 4 is 117 Å². The molecule has 0 bridgehead atoms. The fourth-order valence-electron chi connectivity index (χ4n) is 6.46. The third-order valence-electron chi connectivity index (χ3n) is 9.17. The normalized spacial score (nSPS) is 11.9. The zero-order valence-electron chi connectivity index (χ0n) is 27.6. The number of halogens is 1. The fraction of sp³-hybridized carbons (Fsp3) is 0.133. The summed E-state index contributed by atoms with van der Waals surface area (Å²) in [7, 11) is 15.6. The molecule has 0 aliphatic carbocycles. The number of anilines is 1. The van der Waals surface area contributed by atoms with Gasteiger partial charge >= 0.3 is 5.97 Å². The molecule has 1 heterocycles. The van der Waals surface area contributed by atoms with Crippen LogP contribution in [0.15, 0.2) is 59.5 Å². The van der Waals surface area contributed by atoms with Gasteiger partial charge in [-0.15, -0.1) is 16.4 Å². The fourth-order valence-corrected chi connectivity index (χ4v) is 6.63. The monoisotopic (exact) mass is 628 g/mol. The highest BCUT2D eigenvalue weighted by molar-refractivity contribution is 6.68. The van der Waals surface area contributed by atoms with Gasteiger partial charge in [-0.2, -0.15) is 0 Å². The van der Waals surface area contributed by atoms with Crippen LogP contribution in [-0.2, 0) is 10.0 Å². The Morgan fingerprint density at radius 3 is 1.98 bits per heavy atom. The molecule has 4 rings (SSSR count). The second-order valence-corrected chi connectivity index (χ2v) is 12.7. The van der Waals surface area contributed by atoms with E-state index in [0.717, 1.165) is 27.4 Å². The van der Waals surface area contributed by atoms with Crippen LogP contribution in [0.3, 0.4) is 0 Å². The van der Waals surface area contributed by atoms with Gasteiger partial charge in [-0.1, -0.05) is 28.1 Å². The number of Topliss-reactive ketones (excluding diaryl/α,β-unsaturated/α-hetero) is 1. The van der Waals surface area contributed by atoms with E-state index in [0.29, 0.717) is 27.4 Å². The van der Waals surface area contributed by atoms with Gasteiger partial charge in [-0.25, -0.2) is 4.79 Å². The minimum atomic E-state index is -1.09. The molecule has 1 atom stereocenters. The average molecular weight is 628 g/mol. The molecule has 1 amide bonds. The Hall–Kier alpha value is -4.24. The SMILES string of the molecule is Bc1c(B)c(B)c(C(B)(B)C(C(=O)Nc2ccc(C(=O)O)cc2)n2cc(OC)c(-c3cc(Cl)ccc3C(C)=O)cc2=O)c(B)c1B. The number of ether oxygens (including phenoxy) is 1. The van der Waals surface area contributed by atoms with Crippen LogP contribution >= 0.6 is 11.6 Å². The number of aromatic nitrogens is 1. The number of hydrogen-bond donors (Lipinski definition) is 2. The molecule has 226 valence electrons. The van der Waals surface area contributed by atoms with Gasteiger partial charge < -0.3 is 15.2 Å². The van der Waals surface area contributed by atoms with E-state index < -0.39 is 28.7 Å². The highest BCUT2D eigenvalue weighted by Crippen LogP contribution is 2.36. The number of nitrogens with one attached hydrogen (secondary N) is 1. The van der Waals surface area contributed by atoms with E-state index >= 15 is 0 Å². The van der Waals surface area contributed by atoms with Crippen molar-refractivity contribution in [3.05, 3.63) is 86.8 Å². The number of ketones is 1. The maximum absolute atomic E-state index is 14.4. The number of amides is 1. The zero-order valence-corrected chi connectivity index (χ0v) is 28.3. The van der Waals surface area contributed by atoms with E-state index in [2.05, 4.69) is 28.9 Å². The van der Waals surface area contributed by atoms with Crippen LogP contribution in [-0.4, -0.2) is 89.4 Å². The first-order valence-electron chi connectivity index (χ1n) is 14.8. The summed E-state index contributed by atoms with van der Waals surface area (Å²) in [5.74, 6) is -1.50. The summed E-state index contributed by atoms with van der Waals surface area (Å²) in [6, 6.07) is 10.9. The second-order valence-electron chi connectivity index (χ2n) is 12.2. The van der Waals surface area contributed by atoms with Crippen LogP contribution < -0.4 is 42.9 Å². The van der Waals surface area contributed by atoms with Gasteiger partial charge in [0, 0.05) is 27.9 Å². The molecule has 46 heavy (non-hydrogen) atoms. The number of carbonyl (C=O) groups is 3. The lowest BCUT2D eigenvalue weighted by atomic mass is 9.42. The van der Waals surface area contributed by atoms with E-state index in [1.807, 2.05) is 31.4 Å². The average Bonchev–Trinajstić information content (AvgIpc) is 2.99. The number of hydrogen-bond acceptors (Lipinski definition) is 5. The van der Waals surface area contributed by atoms with Crippen LogP contribution in [0, 0.1) is 0 Å². The summed E-state index contributed by atoms with van der Waals surface area (Å²) in [5.41, 5.74) is 7.51. The molecule has 4 aromatic rings. The third kappa shape index (κ3) is 6.38. The Morgan fingerprint density at radius 2 is 1.46 bits per heavy atom. The number of carboxylic acids is 1. The quantitative estimate of drug-likeness (QED) is 0.142. The topological polar surface area (TPSA) is 115 Å². The zero-order chi connectivity index (χ0) is 34.2. The van der Waals surface area contributed by atoms with E-state index in [9.17, 15) is 24.3 Å². The lowest BCUT2D eigenvalue weighted by molar-refractivity contribution is -0.119. The molecule has 0 saturated heterocycles. The molecule has 0 fully saturated rings. The molecule has 8 nitrogen and oxygen atoms in total. The minimum Gasteiger partial charge on any atom is -0.495 e. The summed E-state index contributed by atoms with van der Waals surface area (Å²) < 4.78 is 7.14. The Morgan fingerprint density at radius 1 is 0.891 bits per heavy atom. The van der Waals surface area contributed by atoms with Crippen molar-refractivity contribution in [2.24, 2.45) is 0 Å². The maximum atomic E-state index is 14.4. The summed E-state index contributed by atoms with van der Waals surface area (Å²) in [4.78, 5) is 52.5. The molecule has 0 radical (unpaired) electrons. The summed E-state index contributed by atoms with van der Waals surface area (Å²) >= 11 is 6.31. The van der Waals surface area contributed by atoms with Gasteiger partial charge in [0.15, 0.2) is 5.78 Å². The molecule has 1 unspecified atom stereocenters. The molecule has 0 aliphatic rings. The van der Waals surface area contributed by atoms with Crippen LogP contribution in [0.2, 0.25) is 5.02 Å². The summed E-state index contributed by atoms with van der Waals surface area (Å²) in [6.07, 6.45) is 1.50. The highest BCUT2D eigenvalue weighted by atomic mass is 35.5. The first kappa shape index (κ1) is 34.6. The molecule has 0 aliphatic heterocycles. The van der Waals surface area contributed by atoms with Crippen molar-refractivity contribution in [1.82, 2.24) is 4.57 Å². The lowest BCUT2D eigenvalue weighted by Gasteiger charge is -2.39. The van der Waals surface area contributed by atoms with Crippen LogP contribution in [0.5, 0.6) is 5.75 Å².